The molecule has 0 bridgehead atoms. The highest BCUT2D eigenvalue weighted by Gasteiger charge is 2.11. The summed E-state index contributed by atoms with van der Waals surface area (Å²) in [6.45, 7) is 8.44. The SMILES string of the molecule is CCCCC(CC)COc1ccc(OC(=NC(C)=O)SCC(=O)OCC)cc1. The molecule has 7 heteroatoms. The number of esters is 1. The Morgan fingerprint density at radius 1 is 1.11 bits per heavy atom. The van der Waals surface area contributed by atoms with Crippen LogP contribution in [0.4, 0.5) is 0 Å². The Morgan fingerprint density at radius 3 is 2.36 bits per heavy atom. The maximum Gasteiger partial charge on any atom is 0.316 e. The topological polar surface area (TPSA) is 74.2 Å². The largest absolute Gasteiger partial charge is 0.493 e. The van der Waals surface area contributed by atoms with E-state index in [4.69, 9.17) is 14.2 Å². The van der Waals surface area contributed by atoms with E-state index in [0.717, 1.165) is 23.9 Å². The van der Waals surface area contributed by atoms with Crippen molar-refractivity contribution in [3.63, 3.8) is 0 Å². The van der Waals surface area contributed by atoms with E-state index in [-0.39, 0.29) is 17.0 Å². The van der Waals surface area contributed by atoms with Gasteiger partial charge in [0.05, 0.1) is 13.2 Å². The first-order chi connectivity index (χ1) is 13.5. The molecule has 1 aromatic rings. The van der Waals surface area contributed by atoms with Crippen molar-refractivity contribution in [2.75, 3.05) is 19.0 Å². The van der Waals surface area contributed by atoms with Gasteiger partial charge in [-0.15, -0.1) is 0 Å². The summed E-state index contributed by atoms with van der Waals surface area (Å²) >= 11 is 1.02. The van der Waals surface area contributed by atoms with Crippen LogP contribution in [0.2, 0.25) is 0 Å². The van der Waals surface area contributed by atoms with Crippen molar-refractivity contribution in [2.45, 2.75) is 53.4 Å². The van der Waals surface area contributed by atoms with Gasteiger partial charge in [-0.05, 0) is 43.5 Å². The Morgan fingerprint density at radius 2 is 1.79 bits per heavy atom. The molecule has 0 aromatic heterocycles. The first kappa shape index (κ1) is 24.0. The zero-order valence-electron chi connectivity index (χ0n) is 17.2. The van der Waals surface area contributed by atoms with Crippen LogP contribution in [0.3, 0.4) is 0 Å². The van der Waals surface area contributed by atoms with Gasteiger partial charge < -0.3 is 14.2 Å². The van der Waals surface area contributed by atoms with Gasteiger partial charge in [0.2, 0.25) is 5.91 Å². The summed E-state index contributed by atoms with van der Waals surface area (Å²) in [4.78, 5) is 26.6. The lowest BCUT2D eigenvalue weighted by molar-refractivity contribution is -0.139. The number of carbonyl (C=O) groups is 2. The predicted molar refractivity (Wildman–Crippen MR) is 113 cm³/mol. The second-order valence-electron chi connectivity index (χ2n) is 6.29. The molecule has 0 radical (unpaired) electrons. The van der Waals surface area contributed by atoms with E-state index in [2.05, 4.69) is 18.8 Å². The van der Waals surface area contributed by atoms with Gasteiger partial charge in [0.15, 0.2) is 0 Å². The van der Waals surface area contributed by atoms with Crippen LogP contribution >= 0.6 is 11.8 Å². The molecule has 0 saturated carbocycles. The number of hydrogen-bond acceptors (Lipinski definition) is 6. The van der Waals surface area contributed by atoms with E-state index in [1.165, 1.54) is 26.2 Å². The first-order valence-corrected chi connectivity index (χ1v) is 10.7. The van der Waals surface area contributed by atoms with Crippen LogP contribution in [0, 0.1) is 5.92 Å². The highest BCUT2D eigenvalue weighted by Crippen LogP contribution is 2.22. The molecule has 156 valence electrons. The van der Waals surface area contributed by atoms with Crippen LogP contribution in [-0.4, -0.2) is 36.1 Å². The number of carbonyl (C=O) groups excluding carboxylic acids is 2. The second-order valence-corrected chi connectivity index (χ2v) is 7.22. The Kier molecular flexibility index (Phi) is 12.0. The number of amides is 1. The third kappa shape index (κ3) is 10.3. The lowest BCUT2D eigenvalue weighted by Crippen LogP contribution is -2.13. The molecule has 0 heterocycles. The van der Waals surface area contributed by atoms with E-state index in [1.807, 2.05) is 12.1 Å². The average Bonchev–Trinajstić information content (AvgIpc) is 2.67. The number of rotatable bonds is 11. The number of thioether (sulfide) groups is 1. The van der Waals surface area contributed by atoms with Crippen molar-refractivity contribution in [3.8, 4) is 11.5 Å². The average molecular weight is 410 g/mol. The van der Waals surface area contributed by atoms with Gasteiger partial charge >= 0.3 is 5.97 Å². The molecule has 0 saturated heterocycles. The predicted octanol–water partition coefficient (Wildman–Crippen LogP) is 4.86. The van der Waals surface area contributed by atoms with Gasteiger partial charge in [-0.25, -0.2) is 0 Å². The monoisotopic (exact) mass is 409 g/mol. The number of hydrogen-bond donors (Lipinski definition) is 0. The first-order valence-electron chi connectivity index (χ1n) is 9.76. The molecule has 6 nitrogen and oxygen atoms in total. The van der Waals surface area contributed by atoms with Crippen LogP contribution < -0.4 is 9.47 Å². The summed E-state index contributed by atoms with van der Waals surface area (Å²) in [5.74, 6) is 1.09. The number of aliphatic imine (C=N–C) groups is 1. The maximum atomic E-state index is 11.5. The molecule has 0 N–H and O–H groups in total. The minimum Gasteiger partial charge on any atom is -0.493 e. The third-order valence-electron chi connectivity index (χ3n) is 3.93. The van der Waals surface area contributed by atoms with E-state index in [0.29, 0.717) is 24.9 Å². The zero-order chi connectivity index (χ0) is 20.8. The van der Waals surface area contributed by atoms with Crippen molar-refractivity contribution in [2.24, 2.45) is 10.9 Å². The van der Waals surface area contributed by atoms with Crippen molar-refractivity contribution in [3.05, 3.63) is 24.3 Å². The molecule has 1 atom stereocenters. The minimum absolute atomic E-state index is 0.0251. The smallest absolute Gasteiger partial charge is 0.316 e. The number of ether oxygens (including phenoxy) is 3. The van der Waals surface area contributed by atoms with E-state index in [9.17, 15) is 9.59 Å². The van der Waals surface area contributed by atoms with E-state index < -0.39 is 5.91 Å². The molecule has 0 spiro atoms. The second kappa shape index (κ2) is 14.0. The summed E-state index contributed by atoms with van der Waals surface area (Å²) < 4.78 is 16.4. The fraction of sp³-hybridized carbons (Fsp3) is 0.571. The summed E-state index contributed by atoms with van der Waals surface area (Å²) in [5.41, 5.74) is 0. The molecule has 0 aliphatic heterocycles. The summed E-state index contributed by atoms with van der Waals surface area (Å²) in [6, 6.07) is 7.15. The maximum absolute atomic E-state index is 11.5. The molecule has 1 rings (SSSR count). The quantitative estimate of drug-likeness (QED) is 0.295. The molecule has 1 amide bonds. The lowest BCUT2D eigenvalue weighted by atomic mass is 10.0. The summed E-state index contributed by atoms with van der Waals surface area (Å²) in [7, 11) is 0. The van der Waals surface area contributed by atoms with Gasteiger partial charge in [0.25, 0.3) is 5.23 Å². The normalized spacial score (nSPS) is 12.4. The van der Waals surface area contributed by atoms with Crippen molar-refractivity contribution in [1.29, 1.82) is 0 Å². The molecule has 1 aromatic carbocycles. The van der Waals surface area contributed by atoms with Crippen molar-refractivity contribution in [1.82, 2.24) is 0 Å². The molecular formula is C21H31NO5S. The Hall–Kier alpha value is -2.02. The molecule has 0 aliphatic rings. The minimum atomic E-state index is -0.399. The number of nitrogens with zero attached hydrogens (tertiary/aromatic N) is 1. The Bertz CT molecular complexity index is 630. The van der Waals surface area contributed by atoms with Gasteiger partial charge in [-0.2, -0.15) is 4.99 Å². The van der Waals surface area contributed by atoms with E-state index >= 15 is 0 Å². The number of unbranched alkanes of at least 4 members (excludes halogenated alkanes) is 1. The molecule has 0 fully saturated rings. The zero-order valence-corrected chi connectivity index (χ0v) is 18.0. The highest BCUT2D eigenvalue weighted by molar-refractivity contribution is 8.14. The van der Waals surface area contributed by atoms with Gasteiger partial charge in [-0.3, -0.25) is 9.59 Å². The molecule has 0 aliphatic carbocycles. The Labute approximate surface area is 172 Å². The highest BCUT2D eigenvalue weighted by atomic mass is 32.2. The van der Waals surface area contributed by atoms with E-state index in [1.54, 1.807) is 19.1 Å². The van der Waals surface area contributed by atoms with Crippen LogP contribution in [0.25, 0.3) is 0 Å². The van der Waals surface area contributed by atoms with Gasteiger partial charge in [0, 0.05) is 6.92 Å². The van der Waals surface area contributed by atoms with Crippen LogP contribution in [0.1, 0.15) is 53.4 Å². The Balaban J connectivity index is 2.61. The van der Waals surface area contributed by atoms with Crippen molar-refractivity contribution < 1.29 is 23.8 Å². The fourth-order valence-corrected chi connectivity index (χ4v) is 3.03. The van der Waals surface area contributed by atoms with Crippen LogP contribution in [0.15, 0.2) is 29.3 Å². The van der Waals surface area contributed by atoms with Crippen LogP contribution in [0.5, 0.6) is 11.5 Å². The van der Waals surface area contributed by atoms with Crippen LogP contribution in [-0.2, 0) is 14.3 Å². The standard InChI is InChI=1S/C21H31NO5S/c1-5-8-9-17(6-2)14-26-18-10-12-19(13-11-18)27-21(22-16(4)23)28-15-20(24)25-7-3/h10-13,17H,5-9,14-15H2,1-4H3. The fourth-order valence-electron chi connectivity index (χ4n) is 2.35. The molecular weight excluding hydrogens is 378 g/mol. The van der Waals surface area contributed by atoms with Gasteiger partial charge in [-0.1, -0.05) is 44.9 Å². The lowest BCUT2D eigenvalue weighted by Gasteiger charge is -2.15. The summed E-state index contributed by atoms with van der Waals surface area (Å²) in [6.07, 6.45) is 4.69. The van der Waals surface area contributed by atoms with Crippen molar-refractivity contribution >= 4 is 28.9 Å². The number of benzene rings is 1. The molecule has 28 heavy (non-hydrogen) atoms. The van der Waals surface area contributed by atoms with Gasteiger partial charge in [0.1, 0.15) is 17.3 Å². The third-order valence-corrected chi connectivity index (χ3v) is 4.73. The molecule has 1 unspecified atom stereocenters. The summed E-state index contributed by atoms with van der Waals surface area (Å²) in [5, 5.41) is 0.111.